The molecule has 0 aliphatic rings. The summed E-state index contributed by atoms with van der Waals surface area (Å²) in [5.41, 5.74) is 0. The number of fused-ring (bicyclic) bond motifs is 2. The van der Waals surface area contributed by atoms with Gasteiger partial charge in [-0.25, -0.2) is 0 Å². The monoisotopic (exact) mass is 398 g/mol. The second-order valence-electron chi connectivity index (χ2n) is 5.68. The first-order chi connectivity index (χ1) is 13.4. The van der Waals surface area contributed by atoms with Gasteiger partial charge in [0.25, 0.3) is 0 Å². The summed E-state index contributed by atoms with van der Waals surface area (Å²) >= 11 is 0. The maximum atomic E-state index is 8.89. The van der Waals surface area contributed by atoms with Crippen molar-refractivity contribution in [2.24, 2.45) is 0 Å². The van der Waals surface area contributed by atoms with E-state index in [9.17, 15) is 0 Å². The molecule has 144 valence electrons. The largest absolute Gasteiger partial charge is 2.00 e. The summed E-state index contributed by atoms with van der Waals surface area (Å²) in [6, 6.07) is 33.4. The zero-order chi connectivity index (χ0) is 20.8. The van der Waals surface area contributed by atoms with Gasteiger partial charge in [-0.05, 0) is 35.4 Å². The molecule has 0 N–H and O–H groups in total. The van der Waals surface area contributed by atoms with E-state index in [1.165, 1.54) is 21.5 Å². The molecule has 0 saturated heterocycles. The van der Waals surface area contributed by atoms with Gasteiger partial charge in [-0.3, -0.25) is 0 Å². The van der Waals surface area contributed by atoms with Crippen molar-refractivity contribution in [3.05, 3.63) is 97.1 Å². The molecule has 0 spiro atoms. The summed E-state index contributed by atoms with van der Waals surface area (Å²) in [5, 5.41) is 23.0. The molecule has 0 unspecified atom stereocenters. The van der Waals surface area contributed by atoms with Crippen LogP contribution in [0.1, 0.15) is 13.8 Å². The number of carboxylic acid groups (broad SMARTS) is 2. The van der Waals surface area contributed by atoms with E-state index >= 15 is 0 Å². The minimum absolute atomic E-state index is 0. The van der Waals surface area contributed by atoms with Gasteiger partial charge in [0, 0.05) is 11.9 Å². The minimum atomic E-state index is -1.08. The topological polar surface area (TPSA) is 80.3 Å². The molecule has 0 aromatic heterocycles. The molecule has 0 radical (unpaired) electrons. The maximum absolute atomic E-state index is 8.89. The summed E-state index contributed by atoms with van der Waals surface area (Å²) in [7, 11) is 0. The third-order valence-corrected chi connectivity index (χ3v) is 3.32. The number of hydrogen-bond donors (Lipinski definition) is 0. The van der Waals surface area contributed by atoms with E-state index in [1.807, 2.05) is 0 Å². The van der Waals surface area contributed by atoms with Crippen LogP contribution in [0.15, 0.2) is 97.1 Å². The fourth-order valence-corrected chi connectivity index (χ4v) is 2.27. The minimum Gasteiger partial charge on any atom is -0.550 e. The van der Waals surface area contributed by atoms with Crippen molar-refractivity contribution in [1.82, 2.24) is 0 Å². The molecule has 0 bridgehead atoms. The van der Waals surface area contributed by atoms with Crippen molar-refractivity contribution < 1.29 is 19.8 Å². The van der Waals surface area contributed by atoms with Crippen LogP contribution in [0.3, 0.4) is 0 Å². The second-order valence-corrected chi connectivity index (χ2v) is 5.68. The van der Waals surface area contributed by atoms with Gasteiger partial charge < -0.3 is 19.8 Å². The van der Waals surface area contributed by atoms with Gasteiger partial charge in [-0.2, -0.15) is 0 Å². The Hall–Kier alpha value is -2.89. The van der Waals surface area contributed by atoms with Crippen molar-refractivity contribution >= 4 is 56.5 Å². The normalized spacial score (nSPS) is 8.62. The third kappa shape index (κ3) is 12.2. The number of benzene rings is 4. The number of aliphatic carboxylic acids is 2. The molecule has 4 aromatic rings. The number of rotatable bonds is 0. The van der Waals surface area contributed by atoms with Crippen LogP contribution in [0.4, 0.5) is 0 Å². The van der Waals surface area contributed by atoms with Crippen LogP contribution in [0, 0.1) is 0 Å². The van der Waals surface area contributed by atoms with Gasteiger partial charge in [0.15, 0.2) is 0 Å². The molecule has 0 atom stereocenters. The first-order valence-electron chi connectivity index (χ1n) is 8.63. The van der Waals surface area contributed by atoms with Crippen LogP contribution in [0.2, 0.25) is 0 Å². The summed E-state index contributed by atoms with van der Waals surface area (Å²) in [6.07, 6.45) is 0. The van der Waals surface area contributed by atoms with Crippen LogP contribution < -0.4 is 10.2 Å². The maximum Gasteiger partial charge on any atom is 2.00 e. The van der Waals surface area contributed by atoms with E-state index in [2.05, 4.69) is 97.1 Å². The van der Waals surface area contributed by atoms with Crippen LogP contribution in [-0.4, -0.2) is 35.0 Å². The van der Waals surface area contributed by atoms with Gasteiger partial charge in [0.1, 0.15) is 0 Å². The van der Waals surface area contributed by atoms with Crippen molar-refractivity contribution in [3.63, 3.8) is 0 Å². The van der Waals surface area contributed by atoms with E-state index in [0.717, 1.165) is 13.8 Å². The Bertz CT molecular complexity index is 793. The van der Waals surface area contributed by atoms with Crippen LogP contribution >= 0.6 is 0 Å². The summed E-state index contributed by atoms with van der Waals surface area (Å²) in [5.74, 6) is -2.17. The average Bonchev–Trinajstić information content (AvgIpc) is 2.68. The van der Waals surface area contributed by atoms with Crippen molar-refractivity contribution in [1.29, 1.82) is 0 Å². The van der Waals surface area contributed by atoms with Crippen molar-refractivity contribution in [2.45, 2.75) is 13.8 Å². The Kier molecular flexibility index (Phi) is 13.6. The van der Waals surface area contributed by atoms with E-state index in [0.29, 0.717) is 0 Å². The zero-order valence-electron chi connectivity index (χ0n) is 16.6. The third-order valence-electron chi connectivity index (χ3n) is 3.32. The predicted octanol–water partition coefficient (Wildman–Crippen LogP) is 2.81. The fraction of sp³-hybridized carbons (Fsp3) is 0.0833. The van der Waals surface area contributed by atoms with E-state index in [1.54, 1.807) is 0 Å². The van der Waals surface area contributed by atoms with Crippen molar-refractivity contribution in [2.75, 3.05) is 0 Å². The van der Waals surface area contributed by atoms with Gasteiger partial charge in [-0.15, -0.1) is 0 Å². The fourth-order valence-electron chi connectivity index (χ4n) is 2.27. The number of hydrogen-bond acceptors (Lipinski definition) is 4. The van der Waals surface area contributed by atoms with Crippen molar-refractivity contribution in [3.8, 4) is 0 Å². The van der Waals surface area contributed by atoms with Crippen LogP contribution in [0.25, 0.3) is 21.5 Å². The Morgan fingerprint density at radius 3 is 0.690 bits per heavy atom. The molecule has 4 rings (SSSR count). The van der Waals surface area contributed by atoms with Gasteiger partial charge in [0.2, 0.25) is 0 Å². The molecule has 4 nitrogen and oxygen atoms in total. The summed E-state index contributed by atoms with van der Waals surface area (Å²) in [6.45, 7) is 1.94. The second kappa shape index (κ2) is 15.1. The zero-order valence-corrected chi connectivity index (χ0v) is 18.0. The molecule has 0 heterocycles. The average molecular weight is 399 g/mol. The van der Waals surface area contributed by atoms with Crippen LogP contribution in [-0.2, 0) is 9.59 Å². The van der Waals surface area contributed by atoms with E-state index < -0.39 is 11.9 Å². The predicted molar refractivity (Wildman–Crippen MR) is 115 cm³/mol. The van der Waals surface area contributed by atoms with Gasteiger partial charge >= 0.3 is 23.1 Å². The number of carbonyl (C=O) groups is 2. The molecule has 0 aliphatic heterocycles. The first kappa shape index (κ1) is 26.1. The van der Waals surface area contributed by atoms with Crippen LogP contribution in [0.5, 0.6) is 0 Å². The van der Waals surface area contributed by atoms with E-state index in [4.69, 9.17) is 19.8 Å². The standard InChI is InChI=1S/2C10H8.2C2H4O2.Mg/c2*1-2-6-10-8-4-3-7-9(10)5-1;2*1-2(3)4;/h2*1-8H;2*1H3,(H,3,4);/q;;;;+2/p-2. The number of carboxylic acids is 2. The molecule has 5 heteroatoms. The smallest absolute Gasteiger partial charge is 0.550 e. The Labute approximate surface area is 187 Å². The molecular weight excluding hydrogens is 377 g/mol. The Morgan fingerprint density at radius 2 is 0.586 bits per heavy atom. The molecule has 0 fully saturated rings. The number of carbonyl (C=O) groups excluding carboxylic acids is 2. The molecule has 29 heavy (non-hydrogen) atoms. The molecule has 0 aliphatic carbocycles. The first-order valence-corrected chi connectivity index (χ1v) is 8.63. The SMILES string of the molecule is CC(=O)[O-].CC(=O)[O-].[Mg+2].c1ccc2ccccc2c1.c1ccc2ccccc2c1. The Balaban J connectivity index is 0.000000391. The quantitative estimate of drug-likeness (QED) is 0.427. The summed E-state index contributed by atoms with van der Waals surface area (Å²) < 4.78 is 0. The molecule has 0 amide bonds. The Morgan fingerprint density at radius 1 is 0.483 bits per heavy atom. The van der Waals surface area contributed by atoms with E-state index in [-0.39, 0.29) is 23.1 Å². The molecule has 4 aromatic carbocycles. The van der Waals surface area contributed by atoms with Gasteiger partial charge in [-0.1, -0.05) is 97.1 Å². The molecule has 0 saturated carbocycles. The summed E-state index contributed by atoms with van der Waals surface area (Å²) in [4.78, 5) is 17.8. The van der Waals surface area contributed by atoms with Gasteiger partial charge in [0.05, 0.1) is 0 Å². The molecular formula is C24H22MgO4.